The molecule has 3 nitrogen and oxygen atoms in total. The first-order chi connectivity index (χ1) is 9.79. The van der Waals surface area contributed by atoms with Crippen molar-refractivity contribution in [3.8, 4) is 0 Å². The molecule has 0 spiro atoms. The number of nitrogens with two attached hydrogens (primary N) is 1. The lowest BCUT2D eigenvalue weighted by atomic mass is 10.0. The minimum atomic E-state index is -0.228. The van der Waals surface area contributed by atoms with Crippen molar-refractivity contribution < 1.29 is 4.39 Å². The Hall–Kier alpha value is -1.94. The molecule has 0 bridgehead atoms. The van der Waals surface area contributed by atoms with Gasteiger partial charge in [0, 0.05) is 31.2 Å². The molecule has 2 heterocycles. The summed E-state index contributed by atoms with van der Waals surface area (Å²) in [6, 6.07) is 9.32. The Labute approximate surface area is 118 Å². The molecule has 0 amide bonds. The van der Waals surface area contributed by atoms with E-state index in [-0.39, 0.29) is 5.82 Å². The van der Waals surface area contributed by atoms with Gasteiger partial charge in [0.1, 0.15) is 5.82 Å². The Morgan fingerprint density at radius 2 is 2.05 bits per heavy atom. The van der Waals surface area contributed by atoms with Gasteiger partial charge < -0.3 is 10.6 Å². The third kappa shape index (κ3) is 2.39. The van der Waals surface area contributed by atoms with Crippen molar-refractivity contribution in [1.29, 1.82) is 0 Å². The summed E-state index contributed by atoms with van der Waals surface area (Å²) in [6.45, 7) is 1.33. The Balaban J connectivity index is 1.97. The molecule has 2 aromatic rings. The molecule has 2 N–H and O–H groups in total. The highest BCUT2D eigenvalue weighted by Gasteiger charge is 2.27. The van der Waals surface area contributed by atoms with Gasteiger partial charge in [0.25, 0.3) is 0 Å². The maximum Gasteiger partial charge on any atom is 0.123 e. The third-order valence-electron chi connectivity index (χ3n) is 3.91. The third-order valence-corrected chi connectivity index (χ3v) is 3.91. The molecule has 1 fully saturated rings. The van der Waals surface area contributed by atoms with Crippen molar-refractivity contribution in [3.63, 3.8) is 0 Å². The zero-order chi connectivity index (χ0) is 13.9. The highest BCUT2D eigenvalue weighted by molar-refractivity contribution is 5.56. The first-order valence-corrected chi connectivity index (χ1v) is 6.94. The van der Waals surface area contributed by atoms with Gasteiger partial charge in [0.15, 0.2) is 0 Å². The Bertz CT molecular complexity index is 586. The van der Waals surface area contributed by atoms with E-state index in [2.05, 4.69) is 22.0 Å². The first kappa shape index (κ1) is 13.1. The minimum Gasteiger partial charge on any atom is -0.364 e. The lowest BCUT2D eigenvalue weighted by Crippen LogP contribution is -2.24. The molecule has 1 saturated heterocycles. The van der Waals surface area contributed by atoms with E-state index in [9.17, 15) is 4.39 Å². The van der Waals surface area contributed by atoms with E-state index in [1.807, 2.05) is 18.5 Å². The van der Waals surface area contributed by atoms with Crippen molar-refractivity contribution in [2.75, 3.05) is 11.4 Å². The van der Waals surface area contributed by atoms with E-state index in [4.69, 9.17) is 5.73 Å². The quantitative estimate of drug-likeness (QED) is 0.933. The van der Waals surface area contributed by atoms with Crippen LogP contribution in [0.3, 0.4) is 0 Å². The lowest BCUT2D eigenvalue weighted by molar-refractivity contribution is 0.624. The predicted octanol–water partition coefficient (Wildman–Crippen LogP) is 3.02. The van der Waals surface area contributed by atoms with Gasteiger partial charge in [0.05, 0.1) is 6.04 Å². The summed E-state index contributed by atoms with van der Waals surface area (Å²) >= 11 is 0. The molecule has 1 aromatic heterocycles. The molecule has 1 aliphatic heterocycles. The number of pyridine rings is 1. The summed E-state index contributed by atoms with van der Waals surface area (Å²) in [5, 5.41) is 0. The van der Waals surface area contributed by atoms with Gasteiger partial charge in [-0.2, -0.15) is 0 Å². The normalized spacial score (nSPS) is 18.5. The summed E-state index contributed by atoms with van der Waals surface area (Å²) in [5.41, 5.74) is 8.94. The molecule has 1 atom stereocenters. The van der Waals surface area contributed by atoms with Crippen LogP contribution in [0, 0.1) is 5.82 Å². The molecule has 3 rings (SSSR count). The molecule has 1 aliphatic rings. The van der Waals surface area contributed by atoms with Crippen molar-refractivity contribution in [1.82, 2.24) is 4.98 Å². The van der Waals surface area contributed by atoms with Crippen molar-refractivity contribution in [3.05, 3.63) is 59.7 Å². The number of halogens is 1. The van der Waals surface area contributed by atoms with Crippen LogP contribution < -0.4 is 10.6 Å². The topological polar surface area (TPSA) is 42.1 Å². The van der Waals surface area contributed by atoms with Crippen LogP contribution in [0.1, 0.15) is 30.0 Å². The van der Waals surface area contributed by atoms with Crippen LogP contribution in [-0.2, 0) is 6.54 Å². The van der Waals surface area contributed by atoms with Gasteiger partial charge in [-0.25, -0.2) is 4.39 Å². The van der Waals surface area contributed by atoms with Gasteiger partial charge in [-0.1, -0.05) is 0 Å². The summed E-state index contributed by atoms with van der Waals surface area (Å²) in [7, 11) is 0. The summed E-state index contributed by atoms with van der Waals surface area (Å²) in [6.07, 6.45) is 5.88. The smallest absolute Gasteiger partial charge is 0.123 e. The fourth-order valence-corrected chi connectivity index (χ4v) is 2.98. The number of rotatable bonds is 3. The van der Waals surface area contributed by atoms with Gasteiger partial charge in [-0.15, -0.1) is 0 Å². The summed E-state index contributed by atoms with van der Waals surface area (Å²) in [5.74, 6) is -0.228. The second-order valence-electron chi connectivity index (χ2n) is 5.11. The molecule has 0 radical (unpaired) electrons. The molecule has 104 valence electrons. The fourth-order valence-electron chi connectivity index (χ4n) is 2.98. The van der Waals surface area contributed by atoms with Crippen LogP contribution in [0.2, 0.25) is 0 Å². The fraction of sp³-hybridized carbons (Fsp3) is 0.312. The zero-order valence-corrected chi connectivity index (χ0v) is 11.3. The van der Waals surface area contributed by atoms with E-state index in [1.165, 1.54) is 17.7 Å². The predicted molar refractivity (Wildman–Crippen MR) is 77.8 cm³/mol. The summed E-state index contributed by atoms with van der Waals surface area (Å²) in [4.78, 5) is 6.40. The average molecular weight is 271 g/mol. The molecule has 20 heavy (non-hydrogen) atoms. The lowest BCUT2D eigenvalue weighted by Gasteiger charge is -2.29. The molecule has 0 aliphatic carbocycles. The van der Waals surface area contributed by atoms with E-state index in [0.717, 1.165) is 30.6 Å². The Morgan fingerprint density at radius 1 is 1.25 bits per heavy atom. The van der Waals surface area contributed by atoms with E-state index in [0.29, 0.717) is 12.6 Å². The maximum atomic E-state index is 13.4. The minimum absolute atomic E-state index is 0.228. The van der Waals surface area contributed by atoms with Gasteiger partial charge in [-0.05, 0) is 54.3 Å². The van der Waals surface area contributed by atoms with Gasteiger partial charge in [-0.3, -0.25) is 4.98 Å². The second kappa shape index (κ2) is 5.59. The van der Waals surface area contributed by atoms with Crippen molar-refractivity contribution >= 4 is 5.69 Å². The van der Waals surface area contributed by atoms with Crippen LogP contribution in [0.4, 0.5) is 10.1 Å². The molecule has 0 saturated carbocycles. The molecule has 1 unspecified atom stereocenters. The number of aromatic nitrogens is 1. The van der Waals surface area contributed by atoms with Gasteiger partial charge in [0.2, 0.25) is 0 Å². The van der Waals surface area contributed by atoms with Crippen LogP contribution in [-0.4, -0.2) is 11.5 Å². The summed E-state index contributed by atoms with van der Waals surface area (Å²) < 4.78 is 13.4. The monoisotopic (exact) mass is 271 g/mol. The molecular formula is C16H18FN3. The van der Waals surface area contributed by atoms with Crippen LogP contribution >= 0.6 is 0 Å². The standard InChI is InChI=1S/C16H18FN3/c17-14-3-4-16(13(10-14)11-18)20-9-1-2-15(20)12-5-7-19-8-6-12/h3-8,10,15H,1-2,9,11,18H2. The highest BCUT2D eigenvalue weighted by atomic mass is 19.1. The number of anilines is 1. The molecular weight excluding hydrogens is 253 g/mol. The Morgan fingerprint density at radius 3 is 2.80 bits per heavy atom. The molecule has 1 aromatic carbocycles. The Kier molecular flexibility index (Phi) is 3.65. The van der Waals surface area contributed by atoms with Crippen LogP contribution in [0.15, 0.2) is 42.7 Å². The first-order valence-electron chi connectivity index (χ1n) is 6.94. The van der Waals surface area contributed by atoms with Gasteiger partial charge >= 0.3 is 0 Å². The van der Waals surface area contributed by atoms with Crippen LogP contribution in [0.25, 0.3) is 0 Å². The van der Waals surface area contributed by atoms with E-state index < -0.39 is 0 Å². The number of nitrogens with zero attached hydrogens (tertiary/aromatic N) is 2. The number of benzene rings is 1. The number of hydrogen-bond donors (Lipinski definition) is 1. The SMILES string of the molecule is NCc1cc(F)ccc1N1CCCC1c1ccncc1. The number of hydrogen-bond acceptors (Lipinski definition) is 3. The van der Waals surface area contributed by atoms with Crippen LogP contribution in [0.5, 0.6) is 0 Å². The van der Waals surface area contributed by atoms with Crippen molar-refractivity contribution in [2.45, 2.75) is 25.4 Å². The maximum absolute atomic E-state index is 13.4. The van der Waals surface area contributed by atoms with Crippen molar-refractivity contribution in [2.24, 2.45) is 5.73 Å². The second-order valence-corrected chi connectivity index (χ2v) is 5.11. The molecule has 4 heteroatoms. The highest BCUT2D eigenvalue weighted by Crippen LogP contribution is 2.37. The van der Waals surface area contributed by atoms with E-state index >= 15 is 0 Å². The van der Waals surface area contributed by atoms with E-state index in [1.54, 1.807) is 0 Å². The largest absolute Gasteiger partial charge is 0.364 e. The zero-order valence-electron chi connectivity index (χ0n) is 11.3. The average Bonchev–Trinajstić information content (AvgIpc) is 2.97.